The van der Waals surface area contributed by atoms with Crippen LogP contribution in [0.3, 0.4) is 0 Å². The van der Waals surface area contributed by atoms with E-state index in [1.54, 1.807) is 24.3 Å². The minimum atomic E-state index is -0.643. The summed E-state index contributed by atoms with van der Waals surface area (Å²) >= 11 is 12.0. The number of rotatable bonds is 6. The van der Waals surface area contributed by atoms with Gasteiger partial charge in [-0.15, -0.1) is 0 Å². The molecule has 0 fully saturated rings. The molecule has 6 nitrogen and oxygen atoms in total. The lowest BCUT2D eigenvalue weighted by Gasteiger charge is -2.27. The third kappa shape index (κ3) is 4.81. The summed E-state index contributed by atoms with van der Waals surface area (Å²) in [6, 6.07) is 19.1. The van der Waals surface area contributed by atoms with Gasteiger partial charge in [0.25, 0.3) is 0 Å². The Morgan fingerprint density at radius 1 is 1.12 bits per heavy atom. The van der Waals surface area contributed by atoms with Crippen molar-refractivity contribution >= 4 is 29.2 Å². The van der Waals surface area contributed by atoms with E-state index < -0.39 is 11.9 Å². The van der Waals surface area contributed by atoms with Crippen molar-refractivity contribution in [2.24, 2.45) is 5.73 Å². The molecule has 2 N–H and O–H groups in total. The molecule has 0 radical (unpaired) electrons. The SMILES string of the molecule is CCCOc1cccc(C2C(C#N)=C(N)Oc3cc(OC(=O)c4ccc(Cl)cc4Cl)ccc32)c1. The fourth-order valence-electron chi connectivity index (χ4n) is 3.66. The van der Waals surface area contributed by atoms with Crippen LogP contribution in [0.4, 0.5) is 0 Å². The van der Waals surface area contributed by atoms with Gasteiger partial charge in [0.05, 0.1) is 23.1 Å². The largest absolute Gasteiger partial charge is 0.494 e. The number of nitrogens with two attached hydrogens (primary N) is 1. The van der Waals surface area contributed by atoms with Gasteiger partial charge in [-0.2, -0.15) is 5.26 Å². The number of carbonyl (C=O) groups excluding carboxylic acids is 1. The van der Waals surface area contributed by atoms with Gasteiger partial charge in [0.15, 0.2) is 0 Å². The monoisotopic (exact) mass is 494 g/mol. The Balaban J connectivity index is 1.67. The quantitative estimate of drug-likeness (QED) is 0.322. The van der Waals surface area contributed by atoms with Crippen molar-refractivity contribution in [1.82, 2.24) is 0 Å². The zero-order chi connectivity index (χ0) is 24.2. The highest BCUT2D eigenvalue weighted by Crippen LogP contribution is 2.44. The average molecular weight is 495 g/mol. The standard InChI is InChI=1S/C26H20Cl2N2O4/c1-2-10-32-17-5-3-4-15(11-17)24-20-9-7-18(13-23(20)34-25(30)21(24)14-29)33-26(31)19-8-6-16(27)12-22(19)28/h3-9,11-13,24H,2,10,30H2,1H3. The highest BCUT2D eigenvalue weighted by molar-refractivity contribution is 6.36. The first kappa shape index (κ1) is 23.5. The highest BCUT2D eigenvalue weighted by Gasteiger charge is 2.31. The Bertz CT molecular complexity index is 1330. The lowest BCUT2D eigenvalue weighted by Crippen LogP contribution is -2.21. The van der Waals surface area contributed by atoms with E-state index in [0.717, 1.165) is 12.0 Å². The number of hydrogen-bond donors (Lipinski definition) is 1. The number of carbonyl (C=O) groups is 1. The summed E-state index contributed by atoms with van der Waals surface area (Å²) in [5.74, 6) is 0.207. The number of nitrogens with zero attached hydrogens (tertiary/aromatic N) is 1. The van der Waals surface area contributed by atoms with E-state index in [9.17, 15) is 10.1 Å². The van der Waals surface area contributed by atoms with Crippen molar-refractivity contribution in [3.05, 3.63) is 98.9 Å². The molecule has 4 rings (SSSR count). The van der Waals surface area contributed by atoms with Crippen LogP contribution >= 0.6 is 23.2 Å². The van der Waals surface area contributed by atoms with Gasteiger partial charge < -0.3 is 19.9 Å². The Hall–Kier alpha value is -3.66. The summed E-state index contributed by atoms with van der Waals surface area (Å²) in [6.45, 7) is 2.62. The van der Waals surface area contributed by atoms with Crippen LogP contribution in [0.5, 0.6) is 17.2 Å². The molecule has 0 saturated carbocycles. The Kier molecular flexibility index (Phi) is 6.97. The summed E-state index contributed by atoms with van der Waals surface area (Å²) in [5, 5.41) is 10.4. The molecule has 34 heavy (non-hydrogen) atoms. The predicted molar refractivity (Wildman–Crippen MR) is 129 cm³/mol. The lowest BCUT2D eigenvalue weighted by molar-refractivity contribution is 0.0734. The van der Waals surface area contributed by atoms with Gasteiger partial charge in [-0.3, -0.25) is 0 Å². The Morgan fingerprint density at radius 3 is 2.68 bits per heavy atom. The zero-order valence-electron chi connectivity index (χ0n) is 18.2. The Morgan fingerprint density at radius 2 is 1.94 bits per heavy atom. The number of ether oxygens (including phenoxy) is 3. The zero-order valence-corrected chi connectivity index (χ0v) is 19.7. The minimum Gasteiger partial charge on any atom is -0.494 e. The number of halogens is 2. The normalized spacial score (nSPS) is 14.6. The minimum absolute atomic E-state index is 0.0101. The van der Waals surface area contributed by atoms with E-state index in [1.807, 2.05) is 31.2 Å². The van der Waals surface area contributed by atoms with Crippen molar-refractivity contribution in [2.45, 2.75) is 19.3 Å². The predicted octanol–water partition coefficient (Wildman–Crippen LogP) is 6.22. The molecular formula is C26H20Cl2N2O4. The maximum absolute atomic E-state index is 12.6. The molecule has 8 heteroatoms. The number of hydrogen-bond acceptors (Lipinski definition) is 6. The van der Waals surface area contributed by atoms with Gasteiger partial charge in [0.1, 0.15) is 28.9 Å². The third-order valence-electron chi connectivity index (χ3n) is 5.22. The topological polar surface area (TPSA) is 94.6 Å². The highest BCUT2D eigenvalue weighted by atomic mass is 35.5. The van der Waals surface area contributed by atoms with Crippen molar-refractivity contribution < 1.29 is 19.0 Å². The van der Waals surface area contributed by atoms with Gasteiger partial charge in [0, 0.05) is 16.7 Å². The number of fused-ring (bicyclic) bond motifs is 1. The van der Waals surface area contributed by atoms with E-state index in [0.29, 0.717) is 28.7 Å². The molecule has 0 saturated heterocycles. The molecule has 0 aromatic heterocycles. The smallest absolute Gasteiger partial charge is 0.345 e. The maximum atomic E-state index is 12.6. The molecule has 1 aliphatic rings. The fraction of sp³-hybridized carbons (Fsp3) is 0.154. The lowest BCUT2D eigenvalue weighted by atomic mass is 9.83. The van der Waals surface area contributed by atoms with Gasteiger partial charge in [-0.25, -0.2) is 4.79 Å². The first-order valence-electron chi connectivity index (χ1n) is 10.5. The summed E-state index contributed by atoms with van der Waals surface area (Å²) in [4.78, 5) is 12.6. The van der Waals surface area contributed by atoms with Crippen molar-refractivity contribution in [2.75, 3.05) is 6.61 Å². The van der Waals surface area contributed by atoms with Crippen LogP contribution in [0.2, 0.25) is 10.0 Å². The molecule has 3 aromatic carbocycles. The van der Waals surface area contributed by atoms with E-state index in [2.05, 4.69) is 6.07 Å². The first-order chi connectivity index (χ1) is 16.4. The number of allylic oxidation sites excluding steroid dienone is 1. The van der Waals surface area contributed by atoms with E-state index in [4.69, 9.17) is 43.1 Å². The van der Waals surface area contributed by atoms with Gasteiger partial charge in [-0.05, 0) is 48.4 Å². The average Bonchev–Trinajstić information content (AvgIpc) is 2.81. The number of benzene rings is 3. The van der Waals surface area contributed by atoms with E-state index >= 15 is 0 Å². The molecule has 0 amide bonds. The molecule has 172 valence electrons. The van der Waals surface area contributed by atoms with Crippen molar-refractivity contribution in [3.63, 3.8) is 0 Å². The molecule has 1 aliphatic heterocycles. The fourth-order valence-corrected chi connectivity index (χ4v) is 4.15. The first-order valence-corrected chi connectivity index (χ1v) is 11.3. The number of esters is 1. The second kappa shape index (κ2) is 10.1. The van der Waals surface area contributed by atoms with Crippen LogP contribution in [0, 0.1) is 11.3 Å². The summed E-state index contributed by atoms with van der Waals surface area (Å²) in [6.07, 6.45) is 0.878. The molecule has 0 spiro atoms. The van der Waals surface area contributed by atoms with Crippen LogP contribution in [-0.4, -0.2) is 12.6 Å². The molecule has 0 bridgehead atoms. The van der Waals surface area contributed by atoms with Crippen LogP contribution in [0.15, 0.2) is 72.1 Å². The summed E-state index contributed by atoms with van der Waals surface area (Å²) in [5.41, 5.74) is 8.10. The summed E-state index contributed by atoms with van der Waals surface area (Å²) in [7, 11) is 0. The van der Waals surface area contributed by atoms with Gasteiger partial charge in [0.2, 0.25) is 5.88 Å². The van der Waals surface area contributed by atoms with Crippen molar-refractivity contribution in [1.29, 1.82) is 5.26 Å². The second-order valence-electron chi connectivity index (χ2n) is 7.56. The van der Waals surface area contributed by atoms with Gasteiger partial charge >= 0.3 is 5.97 Å². The van der Waals surface area contributed by atoms with E-state index in [-0.39, 0.29) is 27.8 Å². The van der Waals surface area contributed by atoms with Crippen LogP contribution in [0.1, 0.15) is 40.7 Å². The van der Waals surface area contributed by atoms with Crippen molar-refractivity contribution in [3.8, 4) is 23.3 Å². The molecule has 3 aromatic rings. The van der Waals surface area contributed by atoms with Gasteiger partial charge in [-0.1, -0.05) is 48.3 Å². The molecule has 1 heterocycles. The molecular weight excluding hydrogens is 475 g/mol. The maximum Gasteiger partial charge on any atom is 0.345 e. The number of nitriles is 1. The Labute approximate surface area is 207 Å². The molecule has 1 unspecified atom stereocenters. The van der Waals surface area contributed by atoms with Crippen LogP contribution in [-0.2, 0) is 0 Å². The molecule has 1 atom stereocenters. The van der Waals surface area contributed by atoms with Crippen LogP contribution < -0.4 is 19.9 Å². The second-order valence-corrected chi connectivity index (χ2v) is 8.40. The molecule has 0 aliphatic carbocycles. The van der Waals surface area contributed by atoms with E-state index in [1.165, 1.54) is 12.1 Å². The third-order valence-corrected chi connectivity index (χ3v) is 5.76. The summed E-state index contributed by atoms with van der Waals surface area (Å²) < 4.78 is 17.0. The van der Waals surface area contributed by atoms with Crippen LogP contribution in [0.25, 0.3) is 0 Å².